The SMILES string of the molecule is CC(C)Oc1ccc2[nH]c(=O)c(/C=N/n3c(=S)[nH]nc(Cc4ccccc4)c3=O)cc2c1. The van der Waals surface area contributed by atoms with Gasteiger partial charge in [-0.2, -0.15) is 14.9 Å². The van der Waals surface area contributed by atoms with Crippen LogP contribution in [0.15, 0.2) is 69.3 Å². The van der Waals surface area contributed by atoms with Crippen LogP contribution in [-0.2, 0) is 6.42 Å². The minimum absolute atomic E-state index is 0.0293. The molecule has 0 bridgehead atoms. The van der Waals surface area contributed by atoms with Crippen molar-refractivity contribution in [3.8, 4) is 5.75 Å². The van der Waals surface area contributed by atoms with E-state index in [2.05, 4.69) is 20.3 Å². The molecule has 162 valence electrons. The maximum Gasteiger partial charge on any atom is 0.297 e. The largest absolute Gasteiger partial charge is 0.491 e. The molecule has 2 heterocycles. The van der Waals surface area contributed by atoms with Crippen LogP contribution in [0.5, 0.6) is 5.75 Å². The smallest absolute Gasteiger partial charge is 0.297 e. The minimum atomic E-state index is -0.446. The van der Waals surface area contributed by atoms with E-state index in [0.29, 0.717) is 17.7 Å². The summed E-state index contributed by atoms with van der Waals surface area (Å²) < 4.78 is 6.78. The van der Waals surface area contributed by atoms with Gasteiger partial charge < -0.3 is 9.72 Å². The molecule has 2 aromatic carbocycles. The zero-order valence-corrected chi connectivity index (χ0v) is 18.3. The van der Waals surface area contributed by atoms with E-state index >= 15 is 0 Å². The molecule has 0 aliphatic heterocycles. The Bertz CT molecular complexity index is 1470. The fourth-order valence-corrected chi connectivity index (χ4v) is 3.37. The third kappa shape index (κ3) is 4.73. The lowest BCUT2D eigenvalue weighted by Gasteiger charge is -2.10. The highest BCUT2D eigenvalue weighted by Crippen LogP contribution is 2.20. The van der Waals surface area contributed by atoms with Gasteiger partial charge in [0.1, 0.15) is 11.4 Å². The molecule has 4 rings (SSSR count). The summed E-state index contributed by atoms with van der Waals surface area (Å²) in [5.74, 6) is 0.695. The molecule has 0 amide bonds. The van der Waals surface area contributed by atoms with E-state index in [9.17, 15) is 9.59 Å². The van der Waals surface area contributed by atoms with E-state index in [1.807, 2.05) is 50.2 Å². The maximum atomic E-state index is 12.9. The molecule has 0 aliphatic rings. The Balaban J connectivity index is 1.70. The quantitative estimate of drug-likeness (QED) is 0.348. The summed E-state index contributed by atoms with van der Waals surface area (Å²) in [5, 5.41) is 11.7. The number of hydrogen-bond donors (Lipinski definition) is 2. The first-order valence-electron chi connectivity index (χ1n) is 10.0. The Hall–Kier alpha value is -3.85. The van der Waals surface area contributed by atoms with Crippen LogP contribution in [0.3, 0.4) is 0 Å². The molecule has 0 unspecified atom stereocenters. The normalized spacial score (nSPS) is 11.5. The van der Waals surface area contributed by atoms with Crippen molar-refractivity contribution < 1.29 is 4.74 Å². The van der Waals surface area contributed by atoms with Crippen LogP contribution in [-0.4, -0.2) is 32.2 Å². The predicted octanol–water partition coefficient (Wildman–Crippen LogP) is 3.40. The number of rotatable bonds is 6. The summed E-state index contributed by atoms with van der Waals surface area (Å²) in [6.07, 6.45) is 1.67. The standard InChI is InChI=1S/C23H21N5O3S/c1-14(2)31-18-8-9-19-16(12-18)11-17(21(29)25-19)13-24-28-22(30)20(26-27-23(28)32)10-15-6-4-3-5-7-15/h3-9,11-14H,10H2,1-2H3,(H,25,29)(H,27,32)/b24-13+. The van der Waals surface area contributed by atoms with Gasteiger partial charge in [0.15, 0.2) is 0 Å². The molecule has 0 radical (unpaired) electrons. The van der Waals surface area contributed by atoms with Crippen LogP contribution in [0.2, 0.25) is 0 Å². The molecule has 0 atom stereocenters. The molecule has 0 saturated heterocycles. The van der Waals surface area contributed by atoms with Crippen LogP contribution in [0, 0.1) is 4.77 Å². The number of nitrogens with one attached hydrogen (secondary N) is 2. The van der Waals surface area contributed by atoms with Crippen molar-refractivity contribution in [1.29, 1.82) is 0 Å². The Labute approximate surface area is 188 Å². The van der Waals surface area contributed by atoms with E-state index in [4.69, 9.17) is 17.0 Å². The summed E-state index contributed by atoms with van der Waals surface area (Å²) in [4.78, 5) is 28.2. The number of pyridine rings is 1. The van der Waals surface area contributed by atoms with Gasteiger partial charge in [-0.05, 0) is 55.9 Å². The number of fused-ring (bicyclic) bond motifs is 1. The summed E-state index contributed by atoms with van der Waals surface area (Å²) in [6, 6.07) is 16.6. The molecule has 0 fully saturated rings. The van der Waals surface area contributed by atoms with Gasteiger partial charge in [-0.1, -0.05) is 30.3 Å². The Kier molecular flexibility index (Phi) is 6.09. The van der Waals surface area contributed by atoms with E-state index in [1.165, 1.54) is 6.21 Å². The van der Waals surface area contributed by atoms with Gasteiger partial charge in [-0.3, -0.25) is 14.7 Å². The third-order valence-electron chi connectivity index (χ3n) is 4.66. The lowest BCUT2D eigenvalue weighted by Crippen LogP contribution is -2.25. The summed E-state index contributed by atoms with van der Waals surface area (Å²) >= 11 is 5.17. The summed E-state index contributed by atoms with van der Waals surface area (Å²) in [5.41, 5.74) is 1.38. The van der Waals surface area contributed by atoms with Gasteiger partial charge in [0, 0.05) is 17.3 Å². The summed E-state index contributed by atoms with van der Waals surface area (Å²) in [6.45, 7) is 3.88. The van der Waals surface area contributed by atoms with Crippen molar-refractivity contribution in [3.05, 3.63) is 96.9 Å². The Morgan fingerprint density at radius 2 is 1.94 bits per heavy atom. The highest BCUT2D eigenvalue weighted by atomic mass is 32.1. The first-order valence-corrected chi connectivity index (χ1v) is 10.4. The van der Waals surface area contributed by atoms with Crippen molar-refractivity contribution >= 4 is 29.3 Å². The molecule has 8 nitrogen and oxygen atoms in total. The van der Waals surface area contributed by atoms with Gasteiger partial charge in [0.2, 0.25) is 4.77 Å². The lowest BCUT2D eigenvalue weighted by atomic mass is 10.1. The van der Waals surface area contributed by atoms with Crippen molar-refractivity contribution in [2.75, 3.05) is 0 Å². The van der Waals surface area contributed by atoms with Crippen molar-refractivity contribution in [2.45, 2.75) is 26.4 Å². The van der Waals surface area contributed by atoms with Gasteiger partial charge in [-0.15, -0.1) is 0 Å². The van der Waals surface area contributed by atoms with Crippen LogP contribution in [0.4, 0.5) is 0 Å². The fourth-order valence-electron chi connectivity index (χ4n) is 3.20. The van der Waals surface area contributed by atoms with E-state index in [-0.39, 0.29) is 27.7 Å². The predicted molar refractivity (Wildman–Crippen MR) is 126 cm³/mol. The maximum absolute atomic E-state index is 12.9. The average Bonchev–Trinajstić information content (AvgIpc) is 2.76. The van der Waals surface area contributed by atoms with Crippen molar-refractivity contribution in [1.82, 2.24) is 19.9 Å². The number of aromatic nitrogens is 4. The van der Waals surface area contributed by atoms with Gasteiger partial charge in [-0.25, -0.2) is 0 Å². The number of H-pyrrole nitrogens is 2. The first kappa shape index (κ1) is 21.4. The van der Waals surface area contributed by atoms with E-state index in [0.717, 1.165) is 15.6 Å². The summed E-state index contributed by atoms with van der Waals surface area (Å²) in [7, 11) is 0. The van der Waals surface area contributed by atoms with Gasteiger partial charge in [0.25, 0.3) is 11.1 Å². The lowest BCUT2D eigenvalue weighted by molar-refractivity contribution is 0.243. The Morgan fingerprint density at radius 1 is 1.16 bits per heavy atom. The number of nitrogens with zero attached hydrogens (tertiary/aromatic N) is 3. The topological polar surface area (TPSA) is 105 Å². The van der Waals surface area contributed by atoms with Gasteiger partial charge in [0.05, 0.1) is 17.9 Å². The van der Waals surface area contributed by atoms with Crippen molar-refractivity contribution in [3.63, 3.8) is 0 Å². The zero-order chi connectivity index (χ0) is 22.7. The zero-order valence-electron chi connectivity index (χ0n) is 17.5. The van der Waals surface area contributed by atoms with Crippen LogP contribution in [0.25, 0.3) is 10.9 Å². The molecule has 32 heavy (non-hydrogen) atoms. The van der Waals surface area contributed by atoms with Crippen molar-refractivity contribution in [2.24, 2.45) is 5.10 Å². The second-order valence-electron chi connectivity index (χ2n) is 7.47. The van der Waals surface area contributed by atoms with Gasteiger partial charge >= 0.3 is 0 Å². The monoisotopic (exact) mass is 447 g/mol. The average molecular weight is 448 g/mol. The number of ether oxygens (including phenoxy) is 1. The molecule has 0 saturated carbocycles. The fraction of sp³-hybridized carbons (Fsp3) is 0.174. The van der Waals surface area contributed by atoms with E-state index in [1.54, 1.807) is 18.2 Å². The number of hydrogen-bond acceptors (Lipinski definition) is 6. The van der Waals surface area contributed by atoms with Crippen LogP contribution in [0.1, 0.15) is 30.7 Å². The molecule has 2 N–H and O–H groups in total. The molecule has 0 spiro atoms. The Morgan fingerprint density at radius 3 is 2.69 bits per heavy atom. The molecule has 0 aliphatic carbocycles. The first-order chi connectivity index (χ1) is 15.4. The van der Waals surface area contributed by atoms with Crippen LogP contribution >= 0.6 is 12.2 Å². The molecule has 4 aromatic rings. The molecule has 9 heteroatoms. The van der Waals surface area contributed by atoms with E-state index < -0.39 is 5.56 Å². The second kappa shape index (κ2) is 9.11. The van der Waals surface area contributed by atoms with Crippen LogP contribution < -0.4 is 15.9 Å². The highest BCUT2D eigenvalue weighted by Gasteiger charge is 2.09. The molecule has 2 aromatic heterocycles. The molecular weight excluding hydrogens is 426 g/mol. The molecular formula is C23H21N5O3S. The highest BCUT2D eigenvalue weighted by molar-refractivity contribution is 7.71. The second-order valence-corrected chi connectivity index (χ2v) is 7.86. The number of benzene rings is 2. The minimum Gasteiger partial charge on any atom is -0.491 e. The third-order valence-corrected chi connectivity index (χ3v) is 4.93. The number of aromatic amines is 2.